The Morgan fingerprint density at radius 1 is 1.21 bits per heavy atom. The minimum Gasteiger partial charge on any atom is -0.497 e. The van der Waals surface area contributed by atoms with Crippen LogP contribution in [0.1, 0.15) is 5.56 Å². The maximum Gasteiger partial charge on any atom is 0.121 e. The lowest BCUT2D eigenvalue weighted by Crippen LogP contribution is -2.11. The number of ether oxygens (including phenoxy) is 1. The first-order valence-corrected chi connectivity index (χ1v) is 5.83. The van der Waals surface area contributed by atoms with Crippen LogP contribution in [0.5, 0.6) is 5.75 Å². The topological polar surface area (TPSA) is 62.3 Å². The van der Waals surface area contributed by atoms with E-state index in [2.05, 4.69) is 6.07 Å². The van der Waals surface area contributed by atoms with Gasteiger partial charge in [0.05, 0.1) is 30.1 Å². The van der Waals surface area contributed by atoms with Gasteiger partial charge in [-0.15, -0.1) is 0 Å². The molecule has 2 rings (SSSR count). The highest BCUT2D eigenvalue weighted by molar-refractivity contribution is 5.76. The molecule has 2 aromatic rings. The molecular weight excluding hydrogens is 238 g/mol. The molecule has 0 saturated carbocycles. The van der Waals surface area contributed by atoms with Crippen LogP contribution in [-0.2, 0) is 0 Å². The summed E-state index contributed by atoms with van der Waals surface area (Å²) >= 11 is 0. The fourth-order valence-corrected chi connectivity index (χ4v) is 1.89. The van der Waals surface area contributed by atoms with Crippen LogP contribution in [0.25, 0.3) is 0 Å². The predicted molar refractivity (Wildman–Crippen MR) is 76.6 cm³/mol. The molecular formula is C15H15N3O. The first kappa shape index (κ1) is 12.8. The average Bonchev–Trinajstić information content (AvgIpc) is 2.46. The number of nitriles is 1. The fourth-order valence-electron chi connectivity index (χ4n) is 1.89. The SMILES string of the molecule is COc1ccc(N(C)c2cccc(C#N)c2)c(N)c1. The summed E-state index contributed by atoms with van der Waals surface area (Å²) in [5.41, 5.74) is 9.05. The standard InChI is InChI=1S/C15H15N3O/c1-18(12-5-3-4-11(8-12)10-16)15-7-6-13(19-2)9-14(15)17/h3-9H,17H2,1-2H3. The highest BCUT2D eigenvalue weighted by Gasteiger charge is 2.09. The molecule has 2 aromatic carbocycles. The van der Waals surface area contributed by atoms with Crippen LogP contribution in [0.2, 0.25) is 0 Å². The molecule has 4 nitrogen and oxygen atoms in total. The minimum absolute atomic E-state index is 0.622. The van der Waals surface area contributed by atoms with Crippen molar-refractivity contribution < 1.29 is 4.74 Å². The Hall–Kier alpha value is -2.67. The summed E-state index contributed by atoms with van der Waals surface area (Å²) in [6.45, 7) is 0. The molecule has 0 aliphatic carbocycles. The summed E-state index contributed by atoms with van der Waals surface area (Å²) in [4.78, 5) is 1.94. The smallest absolute Gasteiger partial charge is 0.121 e. The number of hydrogen-bond acceptors (Lipinski definition) is 4. The maximum absolute atomic E-state index is 8.93. The van der Waals surface area contributed by atoms with Crippen molar-refractivity contribution in [1.82, 2.24) is 0 Å². The van der Waals surface area contributed by atoms with Gasteiger partial charge in [-0.3, -0.25) is 0 Å². The van der Waals surface area contributed by atoms with Crippen LogP contribution in [0.4, 0.5) is 17.1 Å². The molecule has 0 fully saturated rings. The Kier molecular flexibility index (Phi) is 3.58. The van der Waals surface area contributed by atoms with Crippen molar-refractivity contribution in [3.63, 3.8) is 0 Å². The Morgan fingerprint density at radius 3 is 2.63 bits per heavy atom. The van der Waals surface area contributed by atoms with Gasteiger partial charge in [0.1, 0.15) is 5.75 Å². The summed E-state index contributed by atoms with van der Waals surface area (Å²) in [6.07, 6.45) is 0. The van der Waals surface area contributed by atoms with E-state index >= 15 is 0 Å². The zero-order valence-electron chi connectivity index (χ0n) is 10.9. The molecule has 0 aromatic heterocycles. The van der Waals surface area contributed by atoms with E-state index in [1.807, 2.05) is 42.3 Å². The molecule has 0 atom stereocenters. The Balaban J connectivity index is 2.38. The van der Waals surface area contributed by atoms with Crippen LogP contribution in [0.15, 0.2) is 42.5 Å². The highest BCUT2D eigenvalue weighted by atomic mass is 16.5. The number of methoxy groups -OCH3 is 1. The van der Waals surface area contributed by atoms with E-state index in [1.165, 1.54) is 0 Å². The number of nitrogens with zero attached hydrogens (tertiary/aromatic N) is 2. The molecule has 4 heteroatoms. The molecule has 0 saturated heterocycles. The second-order valence-electron chi connectivity index (χ2n) is 4.15. The number of nitrogen functional groups attached to an aromatic ring is 1. The van der Waals surface area contributed by atoms with Gasteiger partial charge in [0.15, 0.2) is 0 Å². The van der Waals surface area contributed by atoms with Gasteiger partial charge in [0.2, 0.25) is 0 Å². The second kappa shape index (κ2) is 5.32. The van der Waals surface area contributed by atoms with Crippen LogP contribution in [-0.4, -0.2) is 14.2 Å². The van der Waals surface area contributed by atoms with Crippen molar-refractivity contribution in [2.75, 3.05) is 24.8 Å². The van der Waals surface area contributed by atoms with Crippen molar-refractivity contribution in [1.29, 1.82) is 5.26 Å². The van der Waals surface area contributed by atoms with E-state index in [0.29, 0.717) is 11.3 Å². The van der Waals surface area contributed by atoms with E-state index in [-0.39, 0.29) is 0 Å². The summed E-state index contributed by atoms with van der Waals surface area (Å²) < 4.78 is 5.13. The van der Waals surface area contributed by atoms with E-state index in [9.17, 15) is 0 Å². The molecule has 0 bridgehead atoms. The molecule has 19 heavy (non-hydrogen) atoms. The summed E-state index contributed by atoms with van der Waals surface area (Å²) in [7, 11) is 3.52. The van der Waals surface area contributed by atoms with E-state index in [1.54, 1.807) is 19.2 Å². The number of hydrogen-bond donors (Lipinski definition) is 1. The van der Waals surface area contributed by atoms with Gasteiger partial charge in [0, 0.05) is 18.8 Å². The lowest BCUT2D eigenvalue weighted by Gasteiger charge is -2.21. The van der Waals surface area contributed by atoms with Crippen molar-refractivity contribution in [2.45, 2.75) is 0 Å². The van der Waals surface area contributed by atoms with Gasteiger partial charge in [-0.2, -0.15) is 5.26 Å². The minimum atomic E-state index is 0.622. The molecule has 0 spiro atoms. The summed E-state index contributed by atoms with van der Waals surface area (Å²) in [6, 6.07) is 15.0. The third-order valence-electron chi connectivity index (χ3n) is 2.96. The Morgan fingerprint density at radius 2 is 2.00 bits per heavy atom. The maximum atomic E-state index is 8.93. The first-order chi connectivity index (χ1) is 9.15. The summed E-state index contributed by atoms with van der Waals surface area (Å²) in [5.74, 6) is 0.723. The third kappa shape index (κ3) is 2.61. The van der Waals surface area contributed by atoms with E-state index in [4.69, 9.17) is 15.7 Å². The molecule has 96 valence electrons. The molecule has 0 aliphatic rings. The molecule has 0 heterocycles. The third-order valence-corrected chi connectivity index (χ3v) is 2.96. The monoisotopic (exact) mass is 253 g/mol. The van der Waals surface area contributed by atoms with Crippen LogP contribution >= 0.6 is 0 Å². The predicted octanol–water partition coefficient (Wildman–Crippen LogP) is 2.92. The van der Waals surface area contributed by atoms with Gasteiger partial charge in [-0.25, -0.2) is 0 Å². The zero-order chi connectivity index (χ0) is 13.8. The number of rotatable bonds is 3. The first-order valence-electron chi connectivity index (χ1n) is 5.83. The Labute approximate surface area is 112 Å². The van der Waals surface area contributed by atoms with Crippen molar-refractivity contribution >= 4 is 17.1 Å². The lowest BCUT2D eigenvalue weighted by atomic mass is 10.2. The molecule has 0 unspecified atom stereocenters. The average molecular weight is 253 g/mol. The Bertz CT molecular complexity index is 632. The zero-order valence-corrected chi connectivity index (χ0v) is 10.9. The van der Waals surface area contributed by atoms with Crippen molar-refractivity contribution in [3.8, 4) is 11.8 Å². The van der Waals surface area contributed by atoms with Gasteiger partial charge in [-0.1, -0.05) is 6.07 Å². The molecule has 2 N–H and O–H groups in total. The van der Waals surface area contributed by atoms with Crippen molar-refractivity contribution in [2.24, 2.45) is 0 Å². The van der Waals surface area contributed by atoms with E-state index in [0.717, 1.165) is 17.1 Å². The van der Waals surface area contributed by atoms with Crippen LogP contribution in [0, 0.1) is 11.3 Å². The summed E-state index contributed by atoms with van der Waals surface area (Å²) in [5, 5.41) is 8.93. The van der Waals surface area contributed by atoms with Gasteiger partial charge in [0.25, 0.3) is 0 Å². The fraction of sp³-hybridized carbons (Fsp3) is 0.133. The molecule has 0 aliphatic heterocycles. The highest BCUT2D eigenvalue weighted by Crippen LogP contribution is 2.31. The number of anilines is 3. The normalized spacial score (nSPS) is 9.74. The van der Waals surface area contributed by atoms with Crippen molar-refractivity contribution in [3.05, 3.63) is 48.0 Å². The largest absolute Gasteiger partial charge is 0.497 e. The second-order valence-corrected chi connectivity index (χ2v) is 4.15. The van der Waals surface area contributed by atoms with Gasteiger partial charge >= 0.3 is 0 Å². The van der Waals surface area contributed by atoms with Crippen LogP contribution < -0.4 is 15.4 Å². The van der Waals surface area contributed by atoms with Crippen LogP contribution in [0.3, 0.4) is 0 Å². The van der Waals surface area contributed by atoms with E-state index < -0.39 is 0 Å². The lowest BCUT2D eigenvalue weighted by molar-refractivity contribution is 0.415. The van der Waals surface area contributed by atoms with Gasteiger partial charge < -0.3 is 15.4 Å². The van der Waals surface area contributed by atoms with Gasteiger partial charge in [-0.05, 0) is 30.3 Å². The molecule has 0 amide bonds. The quantitative estimate of drug-likeness (QED) is 0.854. The molecule has 0 radical (unpaired) electrons. The number of benzene rings is 2. The number of nitrogens with two attached hydrogens (primary N) is 1.